The average Bonchev–Trinajstić information content (AvgIpc) is 2.93. The van der Waals surface area contributed by atoms with E-state index in [-0.39, 0.29) is 6.54 Å². The van der Waals surface area contributed by atoms with E-state index in [2.05, 4.69) is 10.6 Å². The summed E-state index contributed by atoms with van der Waals surface area (Å²) in [5, 5.41) is 5.55. The van der Waals surface area contributed by atoms with Crippen molar-refractivity contribution in [1.82, 2.24) is 10.2 Å². The summed E-state index contributed by atoms with van der Waals surface area (Å²) in [6.07, 6.45) is 0.760. The number of para-hydroxylation sites is 1. The van der Waals surface area contributed by atoms with Gasteiger partial charge in [-0.15, -0.1) is 0 Å². The molecule has 1 heterocycles. The van der Waals surface area contributed by atoms with E-state index in [0.29, 0.717) is 11.3 Å². The summed E-state index contributed by atoms with van der Waals surface area (Å²) in [5.74, 6) is -0.241. The van der Waals surface area contributed by atoms with E-state index in [9.17, 15) is 14.4 Å². The summed E-state index contributed by atoms with van der Waals surface area (Å²) in [4.78, 5) is 39.0. The van der Waals surface area contributed by atoms with Gasteiger partial charge in [-0.1, -0.05) is 37.3 Å². The first-order chi connectivity index (χ1) is 13.8. The molecule has 0 saturated carbocycles. The largest absolute Gasteiger partial charge is 0.497 e. The van der Waals surface area contributed by atoms with Gasteiger partial charge in [-0.3, -0.25) is 14.5 Å². The van der Waals surface area contributed by atoms with Gasteiger partial charge in [-0.05, 0) is 49.1 Å². The fourth-order valence-corrected chi connectivity index (χ4v) is 3.49. The number of carbonyl (C=O) groups is 3. The number of aryl methyl sites for hydroxylation is 2. The number of urea groups is 1. The summed E-state index contributed by atoms with van der Waals surface area (Å²) < 4.78 is 5.14. The number of imide groups is 1. The molecule has 1 saturated heterocycles. The van der Waals surface area contributed by atoms with Gasteiger partial charge in [0.15, 0.2) is 0 Å². The van der Waals surface area contributed by atoms with Crippen LogP contribution in [0.5, 0.6) is 5.75 Å². The van der Waals surface area contributed by atoms with Crippen molar-refractivity contribution in [1.29, 1.82) is 0 Å². The van der Waals surface area contributed by atoms with Gasteiger partial charge in [0, 0.05) is 5.69 Å². The molecule has 0 aromatic heterocycles. The molecule has 152 valence electrons. The van der Waals surface area contributed by atoms with Gasteiger partial charge in [0.2, 0.25) is 5.91 Å². The maximum absolute atomic E-state index is 13.0. The smallest absolute Gasteiger partial charge is 0.325 e. The minimum Gasteiger partial charge on any atom is -0.497 e. The highest BCUT2D eigenvalue weighted by Gasteiger charge is 2.49. The van der Waals surface area contributed by atoms with E-state index >= 15 is 0 Å². The maximum Gasteiger partial charge on any atom is 0.325 e. The van der Waals surface area contributed by atoms with E-state index in [0.717, 1.165) is 28.1 Å². The lowest BCUT2D eigenvalue weighted by Crippen LogP contribution is -2.42. The molecule has 0 spiro atoms. The molecule has 2 N–H and O–H groups in total. The Balaban J connectivity index is 1.77. The summed E-state index contributed by atoms with van der Waals surface area (Å²) in [5.41, 5.74) is 2.04. The average molecular weight is 395 g/mol. The summed E-state index contributed by atoms with van der Waals surface area (Å²) >= 11 is 0. The normalized spacial score (nSPS) is 18.6. The highest BCUT2D eigenvalue weighted by atomic mass is 16.5. The lowest BCUT2D eigenvalue weighted by molar-refractivity contribution is -0.133. The van der Waals surface area contributed by atoms with Gasteiger partial charge in [-0.25, -0.2) is 4.79 Å². The number of anilines is 1. The summed E-state index contributed by atoms with van der Waals surface area (Å²) in [6.45, 7) is 5.18. The Hall–Kier alpha value is -3.35. The monoisotopic (exact) mass is 395 g/mol. The van der Waals surface area contributed by atoms with Crippen LogP contribution in [0.25, 0.3) is 0 Å². The Morgan fingerprint density at radius 2 is 1.86 bits per heavy atom. The summed E-state index contributed by atoms with van der Waals surface area (Å²) in [6, 6.07) is 12.1. The van der Waals surface area contributed by atoms with Crippen molar-refractivity contribution in [3.8, 4) is 5.75 Å². The molecule has 7 heteroatoms. The van der Waals surface area contributed by atoms with Crippen molar-refractivity contribution < 1.29 is 19.1 Å². The van der Waals surface area contributed by atoms with Crippen LogP contribution in [0.3, 0.4) is 0 Å². The number of nitrogens with one attached hydrogen (secondary N) is 2. The first kappa shape index (κ1) is 20.4. The van der Waals surface area contributed by atoms with Crippen LogP contribution in [-0.2, 0) is 21.5 Å². The Morgan fingerprint density at radius 1 is 1.17 bits per heavy atom. The van der Waals surface area contributed by atoms with Crippen LogP contribution in [0.1, 0.15) is 30.5 Å². The van der Waals surface area contributed by atoms with Crippen molar-refractivity contribution >= 4 is 23.5 Å². The maximum atomic E-state index is 13.0. The molecule has 1 aliphatic rings. The third-order valence-corrected chi connectivity index (χ3v) is 5.25. The molecular formula is C22H25N3O4. The minimum atomic E-state index is -1.24. The molecule has 0 aliphatic carbocycles. The van der Waals surface area contributed by atoms with E-state index < -0.39 is 23.4 Å². The fraction of sp³-hybridized carbons (Fsp3) is 0.318. The number of benzene rings is 2. The zero-order valence-electron chi connectivity index (χ0n) is 17.0. The van der Waals surface area contributed by atoms with Gasteiger partial charge in [-0.2, -0.15) is 0 Å². The molecule has 2 aromatic rings. The molecule has 0 radical (unpaired) electrons. The van der Waals surface area contributed by atoms with E-state index in [4.69, 9.17) is 4.74 Å². The zero-order chi connectivity index (χ0) is 21.2. The molecule has 7 nitrogen and oxygen atoms in total. The summed E-state index contributed by atoms with van der Waals surface area (Å²) in [7, 11) is 1.55. The van der Waals surface area contributed by atoms with Crippen molar-refractivity contribution in [2.45, 2.75) is 32.7 Å². The zero-order valence-corrected chi connectivity index (χ0v) is 17.0. The van der Waals surface area contributed by atoms with Crippen LogP contribution in [-0.4, -0.2) is 36.4 Å². The second kappa shape index (κ2) is 7.95. The Bertz CT molecular complexity index is 955. The molecule has 0 bridgehead atoms. The van der Waals surface area contributed by atoms with Crippen molar-refractivity contribution in [2.75, 3.05) is 19.0 Å². The molecule has 1 atom stereocenters. The molecule has 2 aromatic carbocycles. The Labute approximate surface area is 170 Å². The highest BCUT2D eigenvalue weighted by molar-refractivity contribution is 6.10. The third kappa shape index (κ3) is 3.81. The number of hydrogen-bond donors (Lipinski definition) is 2. The third-order valence-electron chi connectivity index (χ3n) is 5.25. The molecule has 29 heavy (non-hydrogen) atoms. The van der Waals surface area contributed by atoms with Crippen LogP contribution < -0.4 is 15.4 Å². The van der Waals surface area contributed by atoms with Crippen LogP contribution in [0, 0.1) is 6.92 Å². The predicted octanol–water partition coefficient (Wildman–Crippen LogP) is 2.97. The molecule has 4 amide bonds. The quantitative estimate of drug-likeness (QED) is 0.736. The topological polar surface area (TPSA) is 87.7 Å². The van der Waals surface area contributed by atoms with Crippen LogP contribution in [0.15, 0.2) is 42.5 Å². The van der Waals surface area contributed by atoms with Gasteiger partial charge in [0.1, 0.15) is 17.8 Å². The molecule has 1 aliphatic heterocycles. The van der Waals surface area contributed by atoms with Gasteiger partial charge in [0.25, 0.3) is 5.91 Å². The van der Waals surface area contributed by atoms with E-state index in [1.54, 1.807) is 38.3 Å². The fourth-order valence-electron chi connectivity index (χ4n) is 3.49. The SMILES string of the molecule is CCc1cccc(C)c1NC(=O)CN1C(=O)NC(C)(c2ccc(OC)cc2)C1=O. The number of methoxy groups -OCH3 is 1. The molecule has 1 fully saturated rings. The van der Waals surface area contributed by atoms with E-state index in [1.807, 2.05) is 32.0 Å². The predicted molar refractivity (Wildman–Crippen MR) is 110 cm³/mol. The molecule has 3 rings (SSSR count). The van der Waals surface area contributed by atoms with Crippen LogP contribution >= 0.6 is 0 Å². The second-order valence-corrected chi connectivity index (χ2v) is 7.19. The van der Waals surface area contributed by atoms with Crippen LogP contribution in [0.4, 0.5) is 10.5 Å². The first-order valence-electron chi connectivity index (χ1n) is 9.47. The minimum absolute atomic E-state index is 0.353. The molecular weight excluding hydrogens is 370 g/mol. The number of rotatable bonds is 6. The van der Waals surface area contributed by atoms with Gasteiger partial charge < -0.3 is 15.4 Å². The van der Waals surface area contributed by atoms with E-state index in [1.165, 1.54) is 0 Å². The van der Waals surface area contributed by atoms with Crippen molar-refractivity contribution in [3.05, 3.63) is 59.2 Å². The lowest BCUT2D eigenvalue weighted by Gasteiger charge is -2.22. The van der Waals surface area contributed by atoms with Crippen molar-refractivity contribution in [3.63, 3.8) is 0 Å². The number of ether oxygens (including phenoxy) is 1. The lowest BCUT2D eigenvalue weighted by atomic mass is 9.92. The number of nitrogens with zero attached hydrogens (tertiary/aromatic N) is 1. The standard InChI is InChI=1S/C22H25N3O4/c1-5-15-8-6-7-14(2)19(15)23-18(26)13-25-20(27)22(3,24-21(25)28)16-9-11-17(29-4)12-10-16/h6-12H,5,13H2,1-4H3,(H,23,26)(H,24,28). The number of carbonyl (C=O) groups excluding carboxylic acids is 3. The molecule has 1 unspecified atom stereocenters. The van der Waals surface area contributed by atoms with Gasteiger partial charge in [0.05, 0.1) is 7.11 Å². The Morgan fingerprint density at radius 3 is 2.48 bits per heavy atom. The number of hydrogen-bond acceptors (Lipinski definition) is 4. The van der Waals surface area contributed by atoms with Crippen LogP contribution in [0.2, 0.25) is 0 Å². The first-order valence-corrected chi connectivity index (χ1v) is 9.47. The van der Waals surface area contributed by atoms with Gasteiger partial charge >= 0.3 is 6.03 Å². The second-order valence-electron chi connectivity index (χ2n) is 7.19. The Kier molecular flexibility index (Phi) is 5.59. The van der Waals surface area contributed by atoms with Crippen molar-refractivity contribution in [2.24, 2.45) is 0 Å². The highest BCUT2D eigenvalue weighted by Crippen LogP contribution is 2.30. The number of amides is 4.